The number of nitrogens with one attached hydrogen (secondary N) is 2. The van der Waals surface area contributed by atoms with Crippen molar-refractivity contribution >= 4 is 39.2 Å². The molecule has 142 valence electrons. The highest BCUT2D eigenvalue weighted by atomic mass is 79.9. The molecule has 0 spiro atoms. The van der Waals surface area contributed by atoms with Crippen LogP contribution in [0.1, 0.15) is 15.9 Å². The summed E-state index contributed by atoms with van der Waals surface area (Å²) in [5.74, 6) is 0.472. The number of rotatable bonds is 6. The summed E-state index contributed by atoms with van der Waals surface area (Å²) in [4.78, 5) is 28.6. The number of carbonyl (C=O) groups is 2. The first-order chi connectivity index (χ1) is 13.5. The van der Waals surface area contributed by atoms with E-state index in [0.29, 0.717) is 22.8 Å². The van der Waals surface area contributed by atoms with Crippen molar-refractivity contribution in [1.29, 1.82) is 0 Å². The molecule has 0 bridgehead atoms. The quantitative estimate of drug-likeness (QED) is 0.595. The minimum atomic E-state index is -0.318. The van der Waals surface area contributed by atoms with E-state index in [1.54, 1.807) is 42.6 Å². The topological polar surface area (TPSA) is 80.3 Å². The van der Waals surface area contributed by atoms with Crippen molar-refractivity contribution in [2.75, 3.05) is 17.2 Å². The summed E-state index contributed by atoms with van der Waals surface area (Å²) in [7, 11) is 0. The normalized spacial score (nSPS) is 10.2. The number of pyridine rings is 1. The van der Waals surface area contributed by atoms with E-state index >= 15 is 0 Å². The molecule has 0 aliphatic carbocycles. The molecule has 2 N–H and O–H groups in total. The van der Waals surface area contributed by atoms with E-state index in [-0.39, 0.29) is 18.4 Å². The van der Waals surface area contributed by atoms with Crippen LogP contribution in [-0.2, 0) is 4.79 Å². The highest BCUT2D eigenvalue weighted by molar-refractivity contribution is 9.10. The third-order valence-electron chi connectivity index (χ3n) is 3.83. The van der Waals surface area contributed by atoms with Crippen LogP contribution in [0.25, 0.3) is 0 Å². The van der Waals surface area contributed by atoms with Gasteiger partial charge in [-0.1, -0.05) is 24.3 Å². The average Bonchev–Trinajstić information content (AvgIpc) is 2.69. The van der Waals surface area contributed by atoms with Gasteiger partial charge in [-0.15, -0.1) is 0 Å². The predicted octanol–water partition coefficient (Wildman–Crippen LogP) is 4.42. The summed E-state index contributed by atoms with van der Waals surface area (Å²) in [5.41, 5.74) is 1.87. The number of benzene rings is 2. The molecular formula is C21H18BrN3O3. The molecule has 0 atom stereocenters. The van der Waals surface area contributed by atoms with Crippen LogP contribution in [0.3, 0.4) is 0 Å². The zero-order valence-corrected chi connectivity index (χ0v) is 16.7. The Hall–Kier alpha value is -3.19. The Bertz CT molecular complexity index is 990. The number of ether oxygens (including phenoxy) is 1. The number of hydrogen-bond donors (Lipinski definition) is 2. The van der Waals surface area contributed by atoms with Crippen LogP contribution >= 0.6 is 15.9 Å². The molecule has 1 aromatic heterocycles. The van der Waals surface area contributed by atoms with Crippen LogP contribution in [0.5, 0.6) is 5.75 Å². The summed E-state index contributed by atoms with van der Waals surface area (Å²) >= 11 is 3.29. The van der Waals surface area contributed by atoms with Crippen LogP contribution in [-0.4, -0.2) is 23.4 Å². The average molecular weight is 440 g/mol. The Labute approximate surface area is 171 Å². The molecule has 0 aliphatic heterocycles. The van der Waals surface area contributed by atoms with Crippen molar-refractivity contribution in [3.8, 4) is 5.75 Å². The Kier molecular flexibility index (Phi) is 6.39. The van der Waals surface area contributed by atoms with Crippen molar-refractivity contribution in [3.05, 3.63) is 82.5 Å². The van der Waals surface area contributed by atoms with Crippen molar-refractivity contribution < 1.29 is 14.3 Å². The van der Waals surface area contributed by atoms with Gasteiger partial charge in [0.2, 0.25) is 0 Å². The molecule has 0 radical (unpaired) electrons. The molecule has 0 fully saturated rings. The van der Waals surface area contributed by atoms with Crippen LogP contribution in [0.4, 0.5) is 11.5 Å². The molecule has 2 aromatic carbocycles. The Morgan fingerprint density at radius 3 is 2.61 bits per heavy atom. The monoisotopic (exact) mass is 439 g/mol. The SMILES string of the molecule is Cc1ccccc1OCC(=O)Nc1cccc(C(=O)Nc2ccc(Br)cn2)c1. The zero-order chi connectivity index (χ0) is 19.9. The summed E-state index contributed by atoms with van der Waals surface area (Å²) < 4.78 is 6.36. The van der Waals surface area contributed by atoms with Gasteiger partial charge in [0.25, 0.3) is 11.8 Å². The van der Waals surface area contributed by atoms with Gasteiger partial charge in [-0.3, -0.25) is 9.59 Å². The van der Waals surface area contributed by atoms with E-state index in [9.17, 15) is 9.59 Å². The minimum Gasteiger partial charge on any atom is -0.483 e. The fourth-order valence-electron chi connectivity index (χ4n) is 2.44. The fourth-order valence-corrected chi connectivity index (χ4v) is 2.67. The van der Waals surface area contributed by atoms with Gasteiger partial charge in [-0.25, -0.2) is 4.98 Å². The lowest BCUT2D eigenvalue weighted by atomic mass is 10.2. The maximum atomic E-state index is 12.4. The maximum absolute atomic E-state index is 12.4. The van der Waals surface area contributed by atoms with Gasteiger partial charge < -0.3 is 15.4 Å². The number of amides is 2. The summed E-state index contributed by atoms with van der Waals surface area (Å²) in [6.07, 6.45) is 1.60. The number of anilines is 2. The van der Waals surface area contributed by atoms with Gasteiger partial charge in [0, 0.05) is 21.9 Å². The second kappa shape index (κ2) is 9.14. The molecule has 7 heteroatoms. The van der Waals surface area contributed by atoms with Gasteiger partial charge in [-0.05, 0) is 64.8 Å². The highest BCUT2D eigenvalue weighted by Crippen LogP contribution is 2.17. The molecule has 6 nitrogen and oxygen atoms in total. The molecule has 3 rings (SSSR count). The van der Waals surface area contributed by atoms with Crippen molar-refractivity contribution in [2.45, 2.75) is 6.92 Å². The van der Waals surface area contributed by atoms with Gasteiger partial charge in [-0.2, -0.15) is 0 Å². The third-order valence-corrected chi connectivity index (χ3v) is 4.30. The maximum Gasteiger partial charge on any atom is 0.262 e. The molecule has 0 aliphatic rings. The van der Waals surface area contributed by atoms with Gasteiger partial charge in [0.15, 0.2) is 6.61 Å². The Balaban J connectivity index is 1.59. The summed E-state index contributed by atoms with van der Waals surface area (Å²) in [5, 5.41) is 5.44. The molecule has 0 unspecified atom stereocenters. The number of nitrogens with zero attached hydrogens (tertiary/aromatic N) is 1. The molecule has 3 aromatic rings. The predicted molar refractivity (Wildman–Crippen MR) is 112 cm³/mol. The molecule has 0 saturated heterocycles. The third kappa shape index (κ3) is 5.40. The van der Waals surface area contributed by atoms with E-state index in [1.807, 2.05) is 31.2 Å². The lowest BCUT2D eigenvalue weighted by Crippen LogP contribution is -2.21. The highest BCUT2D eigenvalue weighted by Gasteiger charge is 2.10. The fraction of sp³-hybridized carbons (Fsp3) is 0.0952. The number of halogens is 1. The standard InChI is InChI=1S/C21H18BrN3O3/c1-14-5-2-3-8-18(14)28-13-20(26)24-17-7-4-6-15(11-17)21(27)25-19-10-9-16(22)12-23-19/h2-12H,13H2,1H3,(H,24,26)(H,23,25,27). The van der Waals surface area contributed by atoms with Gasteiger partial charge >= 0.3 is 0 Å². The van der Waals surface area contributed by atoms with Crippen LogP contribution in [0, 0.1) is 6.92 Å². The second-order valence-corrected chi connectivity index (χ2v) is 6.91. The molecule has 28 heavy (non-hydrogen) atoms. The minimum absolute atomic E-state index is 0.121. The second-order valence-electron chi connectivity index (χ2n) is 6.00. The molecule has 1 heterocycles. The molecule has 2 amide bonds. The lowest BCUT2D eigenvalue weighted by Gasteiger charge is -2.10. The van der Waals surface area contributed by atoms with Crippen LogP contribution < -0.4 is 15.4 Å². The zero-order valence-electron chi connectivity index (χ0n) is 15.1. The van der Waals surface area contributed by atoms with E-state index in [1.165, 1.54) is 0 Å². The first-order valence-corrected chi connectivity index (χ1v) is 9.32. The van der Waals surface area contributed by atoms with Crippen LogP contribution in [0.2, 0.25) is 0 Å². The largest absolute Gasteiger partial charge is 0.483 e. The van der Waals surface area contributed by atoms with Crippen LogP contribution in [0.15, 0.2) is 71.3 Å². The van der Waals surface area contributed by atoms with E-state index in [2.05, 4.69) is 31.5 Å². The van der Waals surface area contributed by atoms with Crippen molar-refractivity contribution in [3.63, 3.8) is 0 Å². The number of carbonyl (C=O) groups excluding carboxylic acids is 2. The van der Waals surface area contributed by atoms with E-state index < -0.39 is 0 Å². The van der Waals surface area contributed by atoms with Gasteiger partial charge in [0.05, 0.1) is 0 Å². The van der Waals surface area contributed by atoms with Crippen molar-refractivity contribution in [2.24, 2.45) is 0 Å². The Morgan fingerprint density at radius 1 is 1.04 bits per heavy atom. The summed E-state index contributed by atoms with van der Waals surface area (Å²) in [6, 6.07) is 17.6. The lowest BCUT2D eigenvalue weighted by molar-refractivity contribution is -0.118. The number of hydrogen-bond acceptors (Lipinski definition) is 4. The number of para-hydroxylation sites is 1. The first kappa shape index (κ1) is 19.6. The number of aromatic nitrogens is 1. The van der Waals surface area contributed by atoms with E-state index in [4.69, 9.17) is 4.74 Å². The molecular weight excluding hydrogens is 422 g/mol. The van der Waals surface area contributed by atoms with E-state index in [0.717, 1.165) is 10.0 Å². The Morgan fingerprint density at radius 2 is 1.86 bits per heavy atom. The van der Waals surface area contributed by atoms with Crippen molar-refractivity contribution in [1.82, 2.24) is 4.98 Å². The first-order valence-electron chi connectivity index (χ1n) is 8.52. The smallest absolute Gasteiger partial charge is 0.262 e. The number of aryl methyl sites for hydroxylation is 1. The summed E-state index contributed by atoms with van der Waals surface area (Å²) in [6.45, 7) is 1.79. The van der Waals surface area contributed by atoms with Gasteiger partial charge in [0.1, 0.15) is 11.6 Å². The molecule has 0 saturated carbocycles.